The Kier molecular flexibility index (Phi) is 4.21. The minimum Gasteiger partial charge on any atom is -0.321 e. The number of rotatable bonds is 4. The number of aromatic nitrogens is 3. The highest BCUT2D eigenvalue weighted by Crippen LogP contribution is 2.16. The van der Waals surface area contributed by atoms with E-state index >= 15 is 0 Å². The Morgan fingerprint density at radius 1 is 1.30 bits per heavy atom. The Morgan fingerprint density at radius 3 is 2.70 bits per heavy atom. The molecule has 0 aliphatic carbocycles. The van der Waals surface area contributed by atoms with Crippen molar-refractivity contribution in [2.24, 2.45) is 5.84 Å². The van der Waals surface area contributed by atoms with Gasteiger partial charge in [-0.3, -0.25) is 10.6 Å². The van der Waals surface area contributed by atoms with E-state index in [1.807, 2.05) is 13.8 Å². The number of carbonyl (C=O) groups excluding carboxylic acids is 1. The molecule has 2 aromatic rings. The molecule has 0 aromatic carbocycles. The van der Waals surface area contributed by atoms with Gasteiger partial charge in [-0.2, -0.15) is 0 Å². The number of hydrogen-bond acceptors (Lipinski definition) is 6. The van der Waals surface area contributed by atoms with Crippen LogP contribution in [0.5, 0.6) is 0 Å². The third-order valence-electron chi connectivity index (χ3n) is 2.60. The molecule has 7 nitrogen and oxygen atoms in total. The summed E-state index contributed by atoms with van der Waals surface area (Å²) in [6.45, 7) is 3.90. The number of pyridine rings is 1. The monoisotopic (exact) mass is 272 g/mol. The Hall–Kier alpha value is -2.54. The molecule has 1 amide bonds. The summed E-state index contributed by atoms with van der Waals surface area (Å²) in [5.41, 5.74) is 2.98. The predicted octanol–water partition coefficient (Wildman–Crippen LogP) is 1.53. The minimum atomic E-state index is -0.388. The number of nitrogens with zero attached hydrogens (tertiary/aromatic N) is 3. The van der Waals surface area contributed by atoms with E-state index in [0.29, 0.717) is 17.3 Å². The number of amides is 1. The molecule has 0 aliphatic heterocycles. The van der Waals surface area contributed by atoms with E-state index in [-0.39, 0.29) is 17.5 Å². The molecule has 2 aromatic heterocycles. The molecular weight excluding hydrogens is 256 g/mol. The van der Waals surface area contributed by atoms with Crippen LogP contribution in [-0.2, 0) is 0 Å². The van der Waals surface area contributed by atoms with Crippen LogP contribution in [0.15, 0.2) is 30.6 Å². The first-order chi connectivity index (χ1) is 9.61. The van der Waals surface area contributed by atoms with Gasteiger partial charge in [-0.15, -0.1) is 0 Å². The summed E-state index contributed by atoms with van der Waals surface area (Å²) in [6, 6.07) is 5.24. The standard InChI is InChI=1S/C13H16N6O/c1-8(2)12-16-7-9(19-14)11(18-12)13(20)17-10-5-3-4-6-15-10/h3-8,19H,14H2,1-2H3,(H,15,17,20). The normalized spacial score (nSPS) is 10.4. The van der Waals surface area contributed by atoms with E-state index in [2.05, 4.69) is 25.7 Å². The Morgan fingerprint density at radius 2 is 2.10 bits per heavy atom. The number of nitrogens with two attached hydrogens (primary N) is 1. The zero-order valence-electron chi connectivity index (χ0n) is 11.3. The predicted molar refractivity (Wildman–Crippen MR) is 76.1 cm³/mol. The number of carbonyl (C=O) groups is 1. The molecule has 0 fully saturated rings. The topological polar surface area (TPSA) is 106 Å². The molecule has 0 saturated heterocycles. The largest absolute Gasteiger partial charge is 0.321 e. The Bertz CT molecular complexity index is 599. The van der Waals surface area contributed by atoms with Crippen molar-refractivity contribution in [2.75, 3.05) is 10.7 Å². The second kappa shape index (κ2) is 6.07. The van der Waals surface area contributed by atoms with Gasteiger partial charge in [0.15, 0.2) is 5.69 Å². The number of anilines is 2. The molecule has 2 heterocycles. The van der Waals surface area contributed by atoms with E-state index in [4.69, 9.17) is 5.84 Å². The van der Waals surface area contributed by atoms with E-state index in [9.17, 15) is 4.79 Å². The van der Waals surface area contributed by atoms with Crippen LogP contribution in [0.2, 0.25) is 0 Å². The summed E-state index contributed by atoms with van der Waals surface area (Å²) in [7, 11) is 0. The lowest BCUT2D eigenvalue weighted by molar-refractivity contribution is 0.102. The van der Waals surface area contributed by atoms with Gasteiger partial charge >= 0.3 is 0 Å². The van der Waals surface area contributed by atoms with Gasteiger partial charge in [-0.05, 0) is 12.1 Å². The van der Waals surface area contributed by atoms with Crippen molar-refractivity contribution in [1.82, 2.24) is 15.0 Å². The van der Waals surface area contributed by atoms with Crippen LogP contribution in [0, 0.1) is 0 Å². The van der Waals surface area contributed by atoms with Crippen LogP contribution in [-0.4, -0.2) is 20.9 Å². The molecule has 0 radical (unpaired) electrons. The van der Waals surface area contributed by atoms with Gasteiger partial charge in [0.25, 0.3) is 5.91 Å². The third-order valence-corrected chi connectivity index (χ3v) is 2.60. The first-order valence-corrected chi connectivity index (χ1v) is 6.17. The smallest absolute Gasteiger partial charge is 0.277 e. The second-order valence-corrected chi connectivity index (χ2v) is 4.46. The first-order valence-electron chi connectivity index (χ1n) is 6.17. The van der Waals surface area contributed by atoms with Crippen molar-refractivity contribution in [3.63, 3.8) is 0 Å². The van der Waals surface area contributed by atoms with Crippen molar-refractivity contribution in [3.8, 4) is 0 Å². The lowest BCUT2D eigenvalue weighted by atomic mass is 10.2. The van der Waals surface area contributed by atoms with Crippen molar-refractivity contribution in [3.05, 3.63) is 42.1 Å². The van der Waals surface area contributed by atoms with Gasteiger partial charge < -0.3 is 10.7 Å². The van der Waals surface area contributed by atoms with Crippen molar-refractivity contribution in [1.29, 1.82) is 0 Å². The van der Waals surface area contributed by atoms with Crippen LogP contribution in [0.3, 0.4) is 0 Å². The quantitative estimate of drug-likeness (QED) is 0.575. The highest BCUT2D eigenvalue weighted by molar-refractivity contribution is 6.05. The molecular formula is C13H16N6O. The van der Waals surface area contributed by atoms with Crippen LogP contribution in [0.4, 0.5) is 11.5 Å². The van der Waals surface area contributed by atoms with Gasteiger partial charge in [0.2, 0.25) is 0 Å². The Labute approximate surface area is 116 Å². The minimum absolute atomic E-state index is 0.114. The van der Waals surface area contributed by atoms with Crippen LogP contribution in [0.25, 0.3) is 0 Å². The SMILES string of the molecule is CC(C)c1ncc(NN)c(C(=O)Nc2ccccn2)n1. The molecule has 0 atom stereocenters. The summed E-state index contributed by atoms with van der Waals surface area (Å²) in [4.78, 5) is 24.7. The zero-order valence-corrected chi connectivity index (χ0v) is 11.3. The fourth-order valence-electron chi connectivity index (χ4n) is 1.56. The number of nitrogens with one attached hydrogen (secondary N) is 2. The summed E-state index contributed by atoms with van der Waals surface area (Å²) >= 11 is 0. The fraction of sp³-hybridized carbons (Fsp3) is 0.231. The lowest BCUT2D eigenvalue weighted by Crippen LogP contribution is -2.21. The highest BCUT2D eigenvalue weighted by atomic mass is 16.2. The molecule has 0 unspecified atom stereocenters. The van der Waals surface area contributed by atoms with Crippen molar-refractivity contribution >= 4 is 17.4 Å². The zero-order chi connectivity index (χ0) is 14.5. The highest BCUT2D eigenvalue weighted by Gasteiger charge is 2.16. The van der Waals surface area contributed by atoms with Crippen LogP contribution in [0.1, 0.15) is 36.1 Å². The molecule has 0 saturated carbocycles. The molecule has 2 rings (SSSR count). The maximum Gasteiger partial charge on any atom is 0.277 e. The van der Waals surface area contributed by atoms with Crippen LogP contribution < -0.4 is 16.6 Å². The molecule has 4 N–H and O–H groups in total. The summed E-state index contributed by atoms with van der Waals surface area (Å²) in [6.07, 6.45) is 3.09. The average Bonchev–Trinajstić information content (AvgIpc) is 2.47. The van der Waals surface area contributed by atoms with Gasteiger partial charge in [0.1, 0.15) is 11.6 Å². The molecule has 104 valence electrons. The van der Waals surface area contributed by atoms with E-state index in [0.717, 1.165) is 0 Å². The molecule has 0 bridgehead atoms. The molecule has 0 aliphatic rings. The Balaban J connectivity index is 2.30. The average molecular weight is 272 g/mol. The lowest BCUT2D eigenvalue weighted by Gasteiger charge is -2.11. The number of nitrogen functional groups attached to an aromatic ring is 1. The molecule has 7 heteroatoms. The van der Waals surface area contributed by atoms with Gasteiger partial charge in [-0.1, -0.05) is 19.9 Å². The van der Waals surface area contributed by atoms with Gasteiger partial charge in [-0.25, -0.2) is 15.0 Å². The first kappa shape index (κ1) is 13.9. The summed E-state index contributed by atoms with van der Waals surface area (Å²) in [5, 5.41) is 2.66. The van der Waals surface area contributed by atoms with E-state index in [1.54, 1.807) is 24.4 Å². The van der Waals surface area contributed by atoms with Crippen molar-refractivity contribution in [2.45, 2.75) is 19.8 Å². The third kappa shape index (κ3) is 3.07. The maximum atomic E-state index is 12.2. The molecule has 20 heavy (non-hydrogen) atoms. The van der Waals surface area contributed by atoms with E-state index in [1.165, 1.54) is 6.20 Å². The van der Waals surface area contributed by atoms with Gasteiger partial charge in [0.05, 0.1) is 11.9 Å². The second-order valence-electron chi connectivity index (χ2n) is 4.46. The van der Waals surface area contributed by atoms with Crippen LogP contribution >= 0.6 is 0 Å². The van der Waals surface area contributed by atoms with Gasteiger partial charge in [0, 0.05) is 12.1 Å². The summed E-state index contributed by atoms with van der Waals surface area (Å²) < 4.78 is 0. The summed E-state index contributed by atoms with van der Waals surface area (Å²) in [5.74, 6) is 6.14. The van der Waals surface area contributed by atoms with E-state index < -0.39 is 0 Å². The van der Waals surface area contributed by atoms with Crippen molar-refractivity contribution < 1.29 is 4.79 Å². The fourth-order valence-corrected chi connectivity index (χ4v) is 1.56. The maximum absolute atomic E-state index is 12.2. The molecule has 0 spiro atoms. The number of hydrogen-bond donors (Lipinski definition) is 3. The number of hydrazine groups is 1.